The molecule has 1 aromatic rings. The molecule has 3 nitrogen and oxygen atoms in total. The summed E-state index contributed by atoms with van der Waals surface area (Å²) < 4.78 is 0. The quantitative estimate of drug-likeness (QED) is 0.777. The van der Waals surface area contributed by atoms with Crippen molar-refractivity contribution >= 4 is 23.2 Å². The number of imide groups is 1. The second kappa shape index (κ2) is 4.14. The van der Waals surface area contributed by atoms with Gasteiger partial charge in [0.05, 0.1) is 0 Å². The van der Waals surface area contributed by atoms with E-state index in [0.29, 0.717) is 12.8 Å². The zero-order chi connectivity index (χ0) is 10.8. The molecule has 0 aliphatic carbocycles. The molecule has 0 spiro atoms. The second-order valence-electron chi connectivity index (χ2n) is 3.73. The van der Waals surface area contributed by atoms with Crippen LogP contribution < -0.4 is 5.32 Å². The highest BCUT2D eigenvalue weighted by atomic mass is 32.1. The summed E-state index contributed by atoms with van der Waals surface area (Å²) in [5.74, 6) is -0.207. The maximum Gasteiger partial charge on any atom is 0.227 e. The van der Waals surface area contributed by atoms with E-state index in [9.17, 15) is 9.59 Å². The van der Waals surface area contributed by atoms with Gasteiger partial charge in [0.1, 0.15) is 0 Å². The van der Waals surface area contributed by atoms with E-state index in [1.54, 1.807) is 11.3 Å². The van der Waals surface area contributed by atoms with Crippen LogP contribution in [0.4, 0.5) is 0 Å². The Morgan fingerprint density at radius 1 is 1.33 bits per heavy atom. The molecule has 1 aliphatic heterocycles. The summed E-state index contributed by atoms with van der Waals surface area (Å²) in [7, 11) is 0. The van der Waals surface area contributed by atoms with E-state index >= 15 is 0 Å². The molecule has 2 rings (SSSR count). The fourth-order valence-electron chi connectivity index (χ4n) is 1.78. The summed E-state index contributed by atoms with van der Waals surface area (Å²) in [6.07, 6.45) is 1.89. The molecule has 4 heteroatoms. The number of thiophene rings is 1. The van der Waals surface area contributed by atoms with Gasteiger partial charge in [-0.3, -0.25) is 14.9 Å². The van der Waals surface area contributed by atoms with Gasteiger partial charge < -0.3 is 0 Å². The minimum Gasteiger partial charge on any atom is -0.296 e. The van der Waals surface area contributed by atoms with E-state index in [1.807, 2.05) is 6.07 Å². The van der Waals surface area contributed by atoms with E-state index in [-0.39, 0.29) is 17.7 Å². The van der Waals surface area contributed by atoms with Crippen molar-refractivity contribution in [3.8, 4) is 0 Å². The zero-order valence-electron chi connectivity index (χ0n) is 8.58. The number of rotatable bonds is 2. The molecule has 1 fully saturated rings. The molecule has 1 aromatic heterocycles. The van der Waals surface area contributed by atoms with Gasteiger partial charge in [-0.05, 0) is 18.6 Å². The molecule has 2 amide bonds. The Balaban J connectivity index is 2.15. The fourth-order valence-corrected chi connectivity index (χ4v) is 2.84. The van der Waals surface area contributed by atoms with Gasteiger partial charge in [-0.2, -0.15) is 0 Å². The maximum atomic E-state index is 11.2. The first-order valence-electron chi connectivity index (χ1n) is 5.10. The van der Waals surface area contributed by atoms with Crippen LogP contribution in [0.2, 0.25) is 0 Å². The highest BCUT2D eigenvalue weighted by Gasteiger charge is 2.26. The zero-order valence-corrected chi connectivity index (χ0v) is 9.39. The van der Waals surface area contributed by atoms with E-state index in [4.69, 9.17) is 0 Å². The molecule has 0 radical (unpaired) electrons. The summed E-state index contributed by atoms with van der Waals surface area (Å²) in [6, 6.07) is 4.12. The Hall–Kier alpha value is -1.16. The number of amides is 2. The van der Waals surface area contributed by atoms with Crippen LogP contribution in [0.25, 0.3) is 0 Å². The van der Waals surface area contributed by atoms with Gasteiger partial charge in [0.2, 0.25) is 11.8 Å². The topological polar surface area (TPSA) is 46.2 Å². The molecule has 80 valence electrons. The van der Waals surface area contributed by atoms with Crippen LogP contribution in [-0.4, -0.2) is 11.8 Å². The van der Waals surface area contributed by atoms with Crippen LogP contribution in [-0.2, 0) is 16.0 Å². The van der Waals surface area contributed by atoms with Crippen molar-refractivity contribution in [2.45, 2.75) is 32.1 Å². The lowest BCUT2D eigenvalue weighted by molar-refractivity contribution is -0.133. The first kappa shape index (κ1) is 10.4. The van der Waals surface area contributed by atoms with E-state index in [1.165, 1.54) is 4.88 Å². The van der Waals surface area contributed by atoms with E-state index < -0.39 is 0 Å². The molecule has 0 unspecified atom stereocenters. The minimum atomic E-state index is -0.150. The largest absolute Gasteiger partial charge is 0.296 e. The molecule has 0 bridgehead atoms. The minimum absolute atomic E-state index is 0.0940. The Morgan fingerprint density at radius 2 is 2.00 bits per heavy atom. The third-order valence-corrected chi connectivity index (χ3v) is 3.97. The number of piperidine rings is 1. The third-order valence-electron chi connectivity index (χ3n) is 2.58. The van der Waals surface area contributed by atoms with E-state index in [2.05, 4.69) is 18.3 Å². The SMILES string of the molecule is CCc1ccc(C2CC(=O)NC(=O)C2)s1. The summed E-state index contributed by atoms with van der Waals surface area (Å²) in [4.78, 5) is 24.9. The van der Waals surface area contributed by atoms with Crippen molar-refractivity contribution in [3.63, 3.8) is 0 Å². The average Bonchev–Trinajstić information content (AvgIpc) is 2.64. The molecule has 15 heavy (non-hydrogen) atoms. The van der Waals surface area contributed by atoms with Crippen molar-refractivity contribution in [1.82, 2.24) is 5.32 Å². The van der Waals surface area contributed by atoms with Gasteiger partial charge in [0, 0.05) is 28.5 Å². The van der Waals surface area contributed by atoms with Crippen molar-refractivity contribution < 1.29 is 9.59 Å². The van der Waals surface area contributed by atoms with Crippen LogP contribution in [0.15, 0.2) is 12.1 Å². The lowest BCUT2D eigenvalue weighted by Crippen LogP contribution is -2.37. The molecular weight excluding hydrogens is 210 g/mol. The third kappa shape index (κ3) is 2.26. The van der Waals surface area contributed by atoms with Gasteiger partial charge in [0.25, 0.3) is 0 Å². The fraction of sp³-hybridized carbons (Fsp3) is 0.455. The van der Waals surface area contributed by atoms with Crippen molar-refractivity contribution in [1.29, 1.82) is 0 Å². The van der Waals surface area contributed by atoms with Crippen LogP contribution in [0.5, 0.6) is 0 Å². The maximum absolute atomic E-state index is 11.2. The Kier molecular flexibility index (Phi) is 2.86. The van der Waals surface area contributed by atoms with Gasteiger partial charge in [0.15, 0.2) is 0 Å². The normalized spacial score (nSPS) is 17.9. The number of hydrogen-bond donors (Lipinski definition) is 1. The van der Waals surface area contributed by atoms with Gasteiger partial charge in [-0.15, -0.1) is 11.3 Å². The Morgan fingerprint density at radius 3 is 2.53 bits per heavy atom. The lowest BCUT2D eigenvalue weighted by atomic mass is 9.95. The summed E-state index contributed by atoms with van der Waals surface area (Å²) in [5, 5.41) is 2.33. The van der Waals surface area contributed by atoms with Gasteiger partial charge in [-0.1, -0.05) is 6.92 Å². The number of nitrogens with one attached hydrogen (secondary N) is 1. The number of carbonyl (C=O) groups is 2. The molecule has 1 aliphatic rings. The standard InChI is InChI=1S/C11H13NO2S/c1-2-8-3-4-9(15-8)7-5-10(13)12-11(14)6-7/h3-4,7H,2,5-6H2,1H3,(H,12,13,14). The lowest BCUT2D eigenvalue weighted by Gasteiger charge is -2.19. The second-order valence-corrected chi connectivity index (χ2v) is 4.93. The van der Waals surface area contributed by atoms with E-state index in [0.717, 1.165) is 11.3 Å². The van der Waals surface area contributed by atoms with Crippen LogP contribution in [0.1, 0.15) is 35.4 Å². The molecule has 2 heterocycles. The number of carbonyl (C=O) groups excluding carboxylic acids is 2. The molecule has 1 saturated heterocycles. The predicted octanol–water partition coefficient (Wildman–Crippen LogP) is 1.83. The van der Waals surface area contributed by atoms with Crippen LogP contribution in [0.3, 0.4) is 0 Å². The highest BCUT2D eigenvalue weighted by Crippen LogP contribution is 2.31. The van der Waals surface area contributed by atoms with Gasteiger partial charge >= 0.3 is 0 Å². The average molecular weight is 223 g/mol. The van der Waals surface area contributed by atoms with Crippen molar-refractivity contribution in [2.24, 2.45) is 0 Å². The van der Waals surface area contributed by atoms with Crippen LogP contribution >= 0.6 is 11.3 Å². The summed E-state index contributed by atoms with van der Waals surface area (Å²) in [5.41, 5.74) is 0. The first-order valence-corrected chi connectivity index (χ1v) is 5.92. The first-order chi connectivity index (χ1) is 7.19. The molecule has 0 aromatic carbocycles. The molecule has 1 N–H and O–H groups in total. The molecule has 0 atom stereocenters. The van der Waals surface area contributed by atoms with Gasteiger partial charge in [-0.25, -0.2) is 0 Å². The number of hydrogen-bond acceptors (Lipinski definition) is 3. The Labute approximate surface area is 92.5 Å². The number of aryl methyl sites for hydroxylation is 1. The Bertz CT molecular complexity index is 381. The predicted molar refractivity (Wildman–Crippen MR) is 58.8 cm³/mol. The van der Waals surface area contributed by atoms with Crippen molar-refractivity contribution in [3.05, 3.63) is 21.9 Å². The molecular formula is C11H13NO2S. The van der Waals surface area contributed by atoms with Crippen LogP contribution in [0, 0.1) is 0 Å². The summed E-state index contributed by atoms with van der Waals surface area (Å²) in [6.45, 7) is 2.11. The van der Waals surface area contributed by atoms with Crippen molar-refractivity contribution in [2.75, 3.05) is 0 Å². The highest BCUT2D eigenvalue weighted by molar-refractivity contribution is 7.12. The summed E-state index contributed by atoms with van der Waals surface area (Å²) >= 11 is 1.71. The monoisotopic (exact) mass is 223 g/mol. The molecule has 0 saturated carbocycles. The smallest absolute Gasteiger partial charge is 0.227 e.